The molecule has 0 N–H and O–H groups in total. The Morgan fingerprint density at radius 3 is 2.27 bits per heavy atom. The van der Waals surface area contributed by atoms with Gasteiger partial charge in [-0.25, -0.2) is 0 Å². The van der Waals surface area contributed by atoms with Gasteiger partial charge in [-0.1, -0.05) is 0 Å². The van der Waals surface area contributed by atoms with Gasteiger partial charge in [-0.2, -0.15) is 0 Å². The molecule has 0 fully saturated rings. The Bertz CT molecular complexity index is 78.5. The molecule has 0 saturated carbocycles. The van der Waals surface area contributed by atoms with Gasteiger partial charge in [-0.3, -0.25) is 4.90 Å². The summed E-state index contributed by atoms with van der Waals surface area (Å²) < 4.78 is 9.82. The van der Waals surface area contributed by atoms with E-state index >= 15 is 0 Å². The van der Waals surface area contributed by atoms with Gasteiger partial charge in [0.1, 0.15) is 0 Å². The summed E-state index contributed by atoms with van der Waals surface area (Å²) in [6, 6.07) is 0. The van der Waals surface area contributed by atoms with Crippen molar-refractivity contribution >= 4 is 0 Å². The van der Waals surface area contributed by atoms with E-state index in [-0.39, 0.29) is 0 Å². The number of hydrogen-bond acceptors (Lipinski definition) is 3. The molecule has 0 amide bonds. The zero-order chi connectivity index (χ0) is 8.53. The van der Waals surface area contributed by atoms with Crippen molar-refractivity contribution < 1.29 is 9.47 Å². The summed E-state index contributed by atoms with van der Waals surface area (Å²) in [4.78, 5) is 1.99. The summed E-state index contributed by atoms with van der Waals surface area (Å²) in [6.07, 6.45) is 1.03. The maximum Gasteiger partial charge on any atom is 0.0589 e. The van der Waals surface area contributed by atoms with Crippen LogP contribution in [0.2, 0.25) is 0 Å². The van der Waals surface area contributed by atoms with Crippen LogP contribution in [0.15, 0.2) is 0 Å². The Morgan fingerprint density at radius 2 is 1.73 bits per heavy atom. The van der Waals surface area contributed by atoms with Gasteiger partial charge < -0.3 is 9.47 Å². The van der Waals surface area contributed by atoms with E-state index in [0.717, 1.165) is 32.7 Å². The minimum absolute atomic E-state index is 0.747. The van der Waals surface area contributed by atoms with Gasteiger partial charge in [0.15, 0.2) is 0 Å². The molecule has 11 heavy (non-hydrogen) atoms. The topological polar surface area (TPSA) is 21.7 Å². The van der Waals surface area contributed by atoms with Gasteiger partial charge in [0.2, 0.25) is 0 Å². The van der Waals surface area contributed by atoms with Crippen LogP contribution in [0.25, 0.3) is 0 Å². The fourth-order valence-corrected chi connectivity index (χ4v) is 0.765. The molecule has 0 aromatic carbocycles. The third kappa shape index (κ3) is 7.78. The summed E-state index contributed by atoms with van der Waals surface area (Å²) in [5, 5.41) is 0. The third-order valence-corrected chi connectivity index (χ3v) is 1.43. The molecule has 0 aliphatic rings. The van der Waals surface area contributed by atoms with Gasteiger partial charge in [0.25, 0.3) is 0 Å². The average Bonchev–Trinajstić information content (AvgIpc) is 2.01. The Labute approximate surface area is 69.3 Å². The highest BCUT2D eigenvalue weighted by molar-refractivity contribution is 4.53. The highest BCUT2D eigenvalue weighted by Gasteiger charge is 1.95. The lowest BCUT2D eigenvalue weighted by Gasteiger charge is -2.14. The van der Waals surface area contributed by atoms with Crippen molar-refractivity contribution in [2.45, 2.75) is 6.42 Å². The predicted octanol–water partition coefficient (Wildman–Crippen LogP) is 0.763. The molecule has 1 radical (unpaired) electrons. The quantitative estimate of drug-likeness (QED) is 0.513. The van der Waals surface area contributed by atoms with E-state index in [1.807, 2.05) is 4.90 Å². The Balaban J connectivity index is 3.02. The van der Waals surface area contributed by atoms with Crippen LogP contribution in [-0.2, 0) is 9.47 Å². The third-order valence-electron chi connectivity index (χ3n) is 1.43. The lowest BCUT2D eigenvalue weighted by Crippen LogP contribution is -2.22. The fourth-order valence-electron chi connectivity index (χ4n) is 0.765. The molecule has 0 aromatic heterocycles. The van der Waals surface area contributed by atoms with Gasteiger partial charge in [0, 0.05) is 41.0 Å². The van der Waals surface area contributed by atoms with Crippen molar-refractivity contribution in [3.8, 4) is 0 Å². The second-order valence-electron chi connectivity index (χ2n) is 2.46. The van der Waals surface area contributed by atoms with Crippen LogP contribution in [0.5, 0.6) is 0 Å². The standard InChI is InChI=1S/C8H18NO2/c1-9(6-8-11-3)5-4-7-10-2/h1,4-8H2,2-3H3. The monoisotopic (exact) mass is 160 g/mol. The fraction of sp³-hybridized carbons (Fsp3) is 0.875. The maximum absolute atomic E-state index is 4.91. The normalized spacial score (nSPS) is 10.9. The number of rotatable bonds is 7. The molecule has 0 unspecified atom stereocenters. The largest absolute Gasteiger partial charge is 0.385 e. The van der Waals surface area contributed by atoms with E-state index in [4.69, 9.17) is 9.47 Å². The molecule has 0 rings (SSSR count). The van der Waals surface area contributed by atoms with E-state index in [0.29, 0.717) is 0 Å². The molecule has 3 heteroatoms. The molecule has 0 saturated heterocycles. The summed E-state index contributed by atoms with van der Waals surface area (Å²) in [5.41, 5.74) is 0. The summed E-state index contributed by atoms with van der Waals surface area (Å²) in [6.45, 7) is 3.41. The lowest BCUT2D eigenvalue weighted by atomic mass is 10.4. The maximum atomic E-state index is 4.91. The number of methoxy groups -OCH3 is 2. The number of ether oxygens (including phenoxy) is 2. The first-order chi connectivity index (χ1) is 5.31. The Hall–Kier alpha value is -0.120. The molecule has 67 valence electrons. The van der Waals surface area contributed by atoms with Crippen molar-refractivity contribution in [3.05, 3.63) is 7.05 Å². The summed E-state index contributed by atoms with van der Waals surface area (Å²) in [5.74, 6) is 0. The molecule has 3 nitrogen and oxygen atoms in total. The molecule has 0 aromatic rings. The van der Waals surface area contributed by atoms with Gasteiger partial charge >= 0.3 is 0 Å². The molecule has 0 bridgehead atoms. The highest BCUT2D eigenvalue weighted by Crippen LogP contribution is 1.88. The molecule has 0 aliphatic heterocycles. The first-order valence-electron chi connectivity index (χ1n) is 3.84. The Kier molecular flexibility index (Phi) is 7.89. The molecule has 0 atom stereocenters. The Morgan fingerprint density at radius 1 is 1.09 bits per heavy atom. The van der Waals surface area contributed by atoms with Crippen LogP contribution < -0.4 is 0 Å². The molecule has 0 aliphatic carbocycles. The first-order valence-corrected chi connectivity index (χ1v) is 3.84. The molecular weight excluding hydrogens is 142 g/mol. The lowest BCUT2D eigenvalue weighted by molar-refractivity contribution is 0.153. The SMILES string of the molecule is [CH2]N(CCCOC)CCOC. The van der Waals surface area contributed by atoms with Crippen molar-refractivity contribution in [2.24, 2.45) is 0 Å². The van der Waals surface area contributed by atoms with Crippen molar-refractivity contribution in [2.75, 3.05) is 40.5 Å². The smallest absolute Gasteiger partial charge is 0.0589 e. The number of nitrogens with zero attached hydrogens (tertiary/aromatic N) is 1. The molecule has 0 heterocycles. The second-order valence-corrected chi connectivity index (χ2v) is 2.46. The van der Waals surface area contributed by atoms with Crippen molar-refractivity contribution in [1.82, 2.24) is 4.90 Å². The zero-order valence-corrected chi connectivity index (χ0v) is 7.51. The minimum Gasteiger partial charge on any atom is -0.385 e. The van der Waals surface area contributed by atoms with E-state index < -0.39 is 0 Å². The first kappa shape index (κ1) is 10.9. The average molecular weight is 160 g/mol. The van der Waals surface area contributed by atoms with Crippen molar-refractivity contribution in [1.29, 1.82) is 0 Å². The van der Waals surface area contributed by atoms with Gasteiger partial charge in [-0.05, 0) is 6.42 Å². The van der Waals surface area contributed by atoms with Gasteiger partial charge in [0.05, 0.1) is 6.61 Å². The number of hydrogen-bond donors (Lipinski definition) is 0. The van der Waals surface area contributed by atoms with E-state index in [9.17, 15) is 0 Å². The zero-order valence-electron chi connectivity index (χ0n) is 7.51. The van der Waals surface area contributed by atoms with Crippen LogP contribution in [0.1, 0.15) is 6.42 Å². The van der Waals surface area contributed by atoms with Crippen LogP contribution in [0, 0.1) is 7.05 Å². The van der Waals surface area contributed by atoms with Crippen LogP contribution >= 0.6 is 0 Å². The second kappa shape index (κ2) is 7.98. The minimum atomic E-state index is 0.747. The van der Waals surface area contributed by atoms with Crippen LogP contribution in [0.4, 0.5) is 0 Å². The summed E-state index contributed by atoms with van der Waals surface area (Å²) in [7, 11) is 7.25. The van der Waals surface area contributed by atoms with Crippen molar-refractivity contribution in [3.63, 3.8) is 0 Å². The van der Waals surface area contributed by atoms with Gasteiger partial charge in [-0.15, -0.1) is 0 Å². The highest BCUT2D eigenvalue weighted by atomic mass is 16.5. The molecular formula is C8H18NO2. The van der Waals surface area contributed by atoms with Crippen LogP contribution in [-0.4, -0.2) is 45.4 Å². The van der Waals surface area contributed by atoms with E-state index in [2.05, 4.69) is 7.05 Å². The van der Waals surface area contributed by atoms with E-state index in [1.54, 1.807) is 14.2 Å². The predicted molar refractivity (Wildman–Crippen MR) is 45.3 cm³/mol. The molecule has 0 spiro atoms. The van der Waals surface area contributed by atoms with Crippen LogP contribution in [0.3, 0.4) is 0 Å². The summed E-state index contributed by atoms with van der Waals surface area (Å²) >= 11 is 0. The van der Waals surface area contributed by atoms with E-state index in [1.165, 1.54) is 0 Å².